The van der Waals surface area contributed by atoms with Crippen molar-refractivity contribution in [1.29, 1.82) is 0 Å². The van der Waals surface area contributed by atoms with Crippen LogP contribution in [-0.2, 0) is 17.5 Å². The lowest BCUT2D eigenvalue weighted by atomic mass is 10.1. The monoisotopic (exact) mass is 252 g/mol. The molecule has 1 nitrogen and oxygen atoms in total. The quantitative estimate of drug-likeness (QED) is 0.586. The Morgan fingerprint density at radius 1 is 1.38 bits per heavy atom. The summed E-state index contributed by atoms with van der Waals surface area (Å²) in [6, 6.07) is 2.76. The topological polar surface area (TPSA) is 9.23 Å². The Morgan fingerprint density at radius 3 is 2.50 bits per heavy atom. The fourth-order valence-corrected chi connectivity index (χ4v) is 1.20. The highest BCUT2D eigenvalue weighted by Crippen LogP contribution is 2.33. The van der Waals surface area contributed by atoms with Crippen molar-refractivity contribution in [3.8, 4) is 0 Å². The number of hydrogen-bond donors (Lipinski definition) is 0. The molecule has 1 aromatic rings. The zero-order chi connectivity index (χ0) is 12.3. The third kappa shape index (κ3) is 3.16. The highest BCUT2D eigenvalue weighted by Gasteiger charge is 2.34. The van der Waals surface area contributed by atoms with E-state index in [0.29, 0.717) is 0 Å². The van der Waals surface area contributed by atoms with Crippen LogP contribution in [-0.4, -0.2) is 5.05 Å². The molecule has 0 aliphatic rings. The van der Waals surface area contributed by atoms with Crippen molar-refractivity contribution in [2.24, 2.45) is 0 Å². The van der Waals surface area contributed by atoms with Gasteiger partial charge >= 0.3 is 6.18 Å². The van der Waals surface area contributed by atoms with E-state index >= 15 is 0 Å². The molecule has 1 rings (SSSR count). The Kier molecular flexibility index (Phi) is 3.85. The first-order chi connectivity index (χ1) is 7.32. The Balaban J connectivity index is 3.09. The van der Waals surface area contributed by atoms with Gasteiger partial charge in [-0.05, 0) is 24.4 Å². The van der Waals surface area contributed by atoms with Crippen molar-refractivity contribution in [2.75, 3.05) is 0 Å². The maximum absolute atomic E-state index is 13.2. The van der Waals surface area contributed by atoms with Crippen LogP contribution < -0.4 is 0 Å². The minimum absolute atomic E-state index is 0.0661. The Morgan fingerprint density at radius 2 is 2.00 bits per heavy atom. The molecule has 0 radical (unpaired) electrons. The molecule has 1 aromatic carbocycles. The van der Waals surface area contributed by atoms with E-state index in [1.165, 1.54) is 6.92 Å². The molecule has 0 saturated heterocycles. The molecule has 6 heteroatoms. The van der Waals surface area contributed by atoms with Gasteiger partial charge in [0.05, 0.1) is 5.56 Å². The molecule has 0 unspecified atom stereocenters. The lowest BCUT2D eigenvalue weighted by Crippen LogP contribution is -2.12. The number of ether oxygens (including phenoxy) is 1. The van der Waals surface area contributed by atoms with E-state index in [1.807, 2.05) is 0 Å². The molecule has 0 N–H and O–H groups in total. The Labute approximate surface area is 95.0 Å². The van der Waals surface area contributed by atoms with Crippen molar-refractivity contribution in [3.63, 3.8) is 0 Å². The molecule has 0 aromatic heterocycles. The lowest BCUT2D eigenvalue weighted by Gasteiger charge is -2.13. The molecule has 0 saturated carbocycles. The standard InChI is InChI=1S/C10H8F4OS/c1-6(16)15-5-7-8(10(12,13)14)3-2-4-9(7)11/h2-4H,5H2,1H3. The van der Waals surface area contributed by atoms with Crippen LogP contribution in [0.3, 0.4) is 0 Å². The number of rotatable bonds is 2. The van der Waals surface area contributed by atoms with E-state index in [4.69, 9.17) is 4.74 Å². The summed E-state index contributed by atoms with van der Waals surface area (Å²) in [6.45, 7) is 0.889. The maximum Gasteiger partial charge on any atom is 0.416 e. The zero-order valence-corrected chi connectivity index (χ0v) is 9.08. The van der Waals surface area contributed by atoms with Gasteiger partial charge in [0.15, 0.2) is 5.05 Å². The summed E-state index contributed by atoms with van der Waals surface area (Å²) in [7, 11) is 0. The minimum atomic E-state index is -4.60. The van der Waals surface area contributed by atoms with Gasteiger partial charge in [-0.2, -0.15) is 13.2 Å². The molecule has 0 amide bonds. The molecule has 88 valence electrons. The summed E-state index contributed by atoms with van der Waals surface area (Å²) < 4.78 is 55.4. The average Bonchev–Trinajstić information content (AvgIpc) is 2.13. The van der Waals surface area contributed by atoms with E-state index in [9.17, 15) is 17.6 Å². The van der Waals surface area contributed by atoms with Crippen molar-refractivity contribution in [3.05, 3.63) is 35.1 Å². The number of alkyl halides is 3. The van der Waals surface area contributed by atoms with Gasteiger partial charge in [-0.15, -0.1) is 0 Å². The smallest absolute Gasteiger partial charge is 0.416 e. The van der Waals surface area contributed by atoms with Crippen LogP contribution in [0.5, 0.6) is 0 Å². The largest absolute Gasteiger partial charge is 0.483 e. The molecule has 0 bridgehead atoms. The fraction of sp³-hybridized carbons (Fsp3) is 0.300. The highest BCUT2D eigenvalue weighted by molar-refractivity contribution is 7.80. The Hall–Kier alpha value is -1.17. The van der Waals surface area contributed by atoms with Crippen molar-refractivity contribution < 1.29 is 22.3 Å². The summed E-state index contributed by atoms with van der Waals surface area (Å²) in [5.41, 5.74) is -1.57. The second kappa shape index (κ2) is 4.78. The second-order valence-electron chi connectivity index (χ2n) is 3.04. The van der Waals surface area contributed by atoms with E-state index in [2.05, 4.69) is 12.2 Å². The van der Waals surface area contributed by atoms with Crippen molar-refractivity contribution in [1.82, 2.24) is 0 Å². The number of hydrogen-bond acceptors (Lipinski definition) is 2. The molecule has 0 aliphatic heterocycles. The van der Waals surface area contributed by atoms with Gasteiger partial charge in [0.25, 0.3) is 0 Å². The first-order valence-corrected chi connectivity index (χ1v) is 4.71. The predicted molar refractivity (Wildman–Crippen MR) is 54.5 cm³/mol. The third-order valence-electron chi connectivity index (χ3n) is 1.84. The summed E-state index contributed by atoms with van der Waals surface area (Å²) >= 11 is 4.55. The summed E-state index contributed by atoms with van der Waals surface area (Å²) in [6.07, 6.45) is -4.60. The summed E-state index contributed by atoms with van der Waals surface area (Å²) in [5, 5.41) is 0.0661. The van der Waals surface area contributed by atoms with Crippen LogP contribution in [0.2, 0.25) is 0 Å². The molecule has 16 heavy (non-hydrogen) atoms. The fourth-order valence-electron chi connectivity index (χ4n) is 1.14. The number of benzene rings is 1. The zero-order valence-electron chi connectivity index (χ0n) is 8.27. The van der Waals surface area contributed by atoms with Gasteiger partial charge in [-0.1, -0.05) is 6.07 Å². The van der Waals surface area contributed by atoms with Gasteiger partial charge in [0, 0.05) is 12.5 Å². The number of thiocarbonyl (C=S) groups is 1. The van der Waals surface area contributed by atoms with Crippen molar-refractivity contribution >= 4 is 17.3 Å². The molecule has 0 aliphatic carbocycles. The van der Waals surface area contributed by atoms with Crippen LogP contribution in [0.15, 0.2) is 18.2 Å². The van der Waals surface area contributed by atoms with Crippen LogP contribution in [0.25, 0.3) is 0 Å². The van der Waals surface area contributed by atoms with E-state index in [0.717, 1.165) is 18.2 Å². The van der Waals surface area contributed by atoms with Crippen LogP contribution in [0.1, 0.15) is 18.1 Å². The molecular weight excluding hydrogens is 244 g/mol. The highest BCUT2D eigenvalue weighted by atomic mass is 32.1. The lowest BCUT2D eigenvalue weighted by molar-refractivity contribution is -0.138. The van der Waals surface area contributed by atoms with Crippen LogP contribution in [0.4, 0.5) is 17.6 Å². The Bertz CT molecular complexity index is 400. The van der Waals surface area contributed by atoms with Gasteiger partial charge in [0.2, 0.25) is 0 Å². The third-order valence-corrected chi connectivity index (χ3v) is 1.96. The molecular formula is C10H8F4OS. The SMILES string of the molecule is CC(=S)OCc1c(F)cccc1C(F)(F)F. The van der Waals surface area contributed by atoms with Gasteiger partial charge in [-0.25, -0.2) is 4.39 Å². The van der Waals surface area contributed by atoms with E-state index < -0.39 is 29.7 Å². The summed E-state index contributed by atoms with van der Waals surface area (Å²) in [5.74, 6) is -0.953. The maximum atomic E-state index is 13.2. The second-order valence-corrected chi connectivity index (χ2v) is 3.62. The predicted octanol–water partition coefficient (Wildman–Crippen LogP) is 3.71. The average molecular weight is 252 g/mol. The minimum Gasteiger partial charge on any atom is -0.483 e. The molecule has 0 fully saturated rings. The van der Waals surface area contributed by atoms with Gasteiger partial charge in [-0.3, -0.25) is 0 Å². The van der Waals surface area contributed by atoms with Crippen LogP contribution >= 0.6 is 12.2 Å². The van der Waals surface area contributed by atoms with E-state index in [1.54, 1.807) is 0 Å². The molecule has 0 heterocycles. The molecule has 0 spiro atoms. The van der Waals surface area contributed by atoms with Crippen LogP contribution in [0, 0.1) is 5.82 Å². The summed E-state index contributed by atoms with van der Waals surface area (Å²) in [4.78, 5) is 0. The van der Waals surface area contributed by atoms with E-state index in [-0.39, 0.29) is 5.05 Å². The van der Waals surface area contributed by atoms with Gasteiger partial charge in [0.1, 0.15) is 12.4 Å². The first-order valence-electron chi connectivity index (χ1n) is 4.30. The first kappa shape index (κ1) is 12.9. The van der Waals surface area contributed by atoms with Crippen molar-refractivity contribution in [2.45, 2.75) is 19.7 Å². The van der Waals surface area contributed by atoms with Gasteiger partial charge < -0.3 is 4.74 Å². The normalized spacial score (nSPS) is 11.3. The molecule has 0 atom stereocenters. The number of halogens is 4.